The van der Waals surface area contributed by atoms with Crippen LogP contribution in [0.2, 0.25) is 0 Å². The maximum Gasteiger partial charge on any atom is 0.224 e. The Balaban J connectivity index is 1.33. The maximum atomic E-state index is 12.4. The summed E-state index contributed by atoms with van der Waals surface area (Å²) in [6, 6.07) is 18.4. The quantitative estimate of drug-likeness (QED) is 0.746. The first kappa shape index (κ1) is 18.4. The van der Waals surface area contributed by atoms with Crippen LogP contribution in [0.25, 0.3) is 10.8 Å². The first-order valence-electron chi connectivity index (χ1n) is 9.81. The molecule has 0 spiro atoms. The van der Waals surface area contributed by atoms with Crippen LogP contribution in [-0.4, -0.2) is 49.0 Å². The number of nitrogens with zero attached hydrogens (tertiary/aromatic N) is 3. The maximum absolute atomic E-state index is 12.4. The molecule has 144 valence electrons. The Morgan fingerprint density at radius 3 is 2.57 bits per heavy atom. The largest absolute Gasteiger partial charge is 0.354 e. The highest BCUT2D eigenvalue weighted by Crippen LogP contribution is 2.19. The zero-order chi connectivity index (χ0) is 19.3. The van der Waals surface area contributed by atoms with E-state index in [2.05, 4.69) is 57.5 Å². The monoisotopic (exact) mass is 374 g/mol. The number of nitrogens with one attached hydrogen (secondary N) is 1. The highest BCUT2D eigenvalue weighted by atomic mass is 16.1. The van der Waals surface area contributed by atoms with Gasteiger partial charge in [-0.05, 0) is 35.0 Å². The molecule has 0 saturated carbocycles. The van der Waals surface area contributed by atoms with E-state index in [1.807, 2.05) is 30.5 Å². The number of piperazine rings is 1. The number of benzene rings is 2. The van der Waals surface area contributed by atoms with E-state index in [1.54, 1.807) is 0 Å². The minimum atomic E-state index is 0.0273. The van der Waals surface area contributed by atoms with Crippen LogP contribution in [0.1, 0.15) is 11.1 Å². The van der Waals surface area contributed by atoms with Gasteiger partial charge in [-0.25, -0.2) is 4.98 Å². The molecule has 0 radical (unpaired) electrons. The fraction of sp³-hybridized carbons (Fsp3) is 0.304. The van der Waals surface area contributed by atoms with Gasteiger partial charge < -0.3 is 15.1 Å². The first-order valence-corrected chi connectivity index (χ1v) is 9.81. The SMILES string of the molecule is CN1CCN(c2ccc(CNC(=O)Cc3cccc4ccccc34)cn2)CC1. The molecule has 1 aliphatic heterocycles. The van der Waals surface area contributed by atoms with E-state index >= 15 is 0 Å². The van der Waals surface area contributed by atoms with Gasteiger partial charge in [0.25, 0.3) is 0 Å². The summed E-state index contributed by atoms with van der Waals surface area (Å²) >= 11 is 0. The van der Waals surface area contributed by atoms with Crippen molar-refractivity contribution < 1.29 is 4.79 Å². The van der Waals surface area contributed by atoms with Gasteiger partial charge in [0, 0.05) is 38.9 Å². The molecule has 2 aromatic carbocycles. The van der Waals surface area contributed by atoms with Crippen molar-refractivity contribution in [2.45, 2.75) is 13.0 Å². The van der Waals surface area contributed by atoms with Crippen LogP contribution in [0, 0.1) is 0 Å². The standard InChI is InChI=1S/C23H26N4O/c1-26-11-13-27(14-12-26)22-10-9-18(16-24-22)17-25-23(28)15-20-7-4-6-19-5-2-3-8-21(19)20/h2-10,16H,11-15,17H2,1H3,(H,25,28). The average Bonchev–Trinajstić information content (AvgIpc) is 2.74. The number of anilines is 1. The van der Waals surface area contributed by atoms with E-state index in [0.29, 0.717) is 13.0 Å². The van der Waals surface area contributed by atoms with E-state index in [0.717, 1.165) is 53.9 Å². The summed E-state index contributed by atoms with van der Waals surface area (Å²) in [4.78, 5) is 21.7. The van der Waals surface area contributed by atoms with E-state index in [4.69, 9.17) is 0 Å². The van der Waals surface area contributed by atoms with Crippen LogP contribution < -0.4 is 10.2 Å². The zero-order valence-corrected chi connectivity index (χ0v) is 16.3. The van der Waals surface area contributed by atoms with Crippen LogP contribution in [0.15, 0.2) is 60.8 Å². The molecule has 4 rings (SSSR count). The summed E-state index contributed by atoms with van der Waals surface area (Å²) in [5.41, 5.74) is 2.07. The van der Waals surface area contributed by atoms with Gasteiger partial charge in [-0.15, -0.1) is 0 Å². The van der Waals surface area contributed by atoms with Gasteiger partial charge >= 0.3 is 0 Å². The fourth-order valence-corrected chi connectivity index (χ4v) is 3.63. The van der Waals surface area contributed by atoms with Gasteiger partial charge in [0.05, 0.1) is 6.42 Å². The molecular formula is C23H26N4O. The lowest BCUT2D eigenvalue weighted by Gasteiger charge is -2.33. The third-order valence-corrected chi connectivity index (χ3v) is 5.36. The zero-order valence-electron chi connectivity index (χ0n) is 16.3. The molecule has 1 aromatic heterocycles. The second-order valence-electron chi connectivity index (χ2n) is 7.41. The predicted molar refractivity (Wildman–Crippen MR) is 113 cm³/mol. The van der Waals surface area contributed by atoms with Crippen molar-refractivity contribution in [1.29, 1.82) is 0 Å². The van der Waals surface area contributed by atoms with Gasteiger partial charge in [-0.1, -0.05) is 48.5 Å². The lowest BCUT2D eigenvalue weighted by Crippen LogP contribution is -2.44. The number of carbonyl (C=O) groups excluding carboxylic acids is 1. The average molecular weight is 374 g/mol. The predicted octanol–water partition coefficient (Wildman–Crippen LogP) is 2.85. The lowest BCUT2D eigenvalue weighted by molar-refractivity contribution is -0.120. The van der Waals surface area contributed by atoms with Gasteiger partial charge in [0.1, 0.15) is 5.82 Å². The van der Waals surface area contributed by atoms with E-state index in [-0.39, 0.29) is 5.91 Å². The molecule has 0 atom stereocenters. The van der Waals surface area contributed by atoms with Crippen LogP contribution >= 0.6 is 0 Å². The highest BCUT2D eigenvalue weighted by Gasteiger charge is 2.15. The normalized spacial score (nSPS) is 15.0. The summed E-state index contributed by atoms with van der Waals surface area (Å²) in [6.07, 6.45) is 2.25. The van der Waals surface area contributed by atoms with Crippen molar-refractivity contribution in [3.63, 3.8) is 0 Å². The minimum absolute atomic E-state index is 0.0273. The number of hydrogen-bond donors (Lipinski definition) is 1. The molecule has 5 heteroatoms. The number of pyridine rings is 1. The molecule has 1 fully saturated rings. The molecule has 2 heterocycles. The summed E-state index contributed by atoms with van der Waals surface area (Å²) in [6.45, 7) is 4.64. The summed E-state index contributed by atoms with van der Waals surface area (Å²) < 4.78 is 0. The molecule has 5 nitrogen and oxygen atoms in total. The molecule has 3 aromatic rings. The Labute approximate surface area is 166 Å². The Hall–Kier alpha value is -2.92. The van der Waals surface area contributed by atoms with Crippen molar-refractivity contribution in [1.82, 2.24) is 15.2 Å². The van der Waals surface area contributed by atoms with Crippen LogP contribution in [0.5, 0.6) is 0 Å². The number of fused-ring (bicyclic) bond motifs is 1. The van der Waals surface area contributed by atoms with Gasteiger partial charge in [0.15, 0.2) is 0 Å². The van der Waals surface area contributed by atoms with Crippen LogP contribution in [0.3, 0.4) is 0 Å². The third-order valence-electron chi connectivity index (χ3n) is 5.36. The molecule has 1 aliphatic rings. The molecule has 0 unspecified atom stereocenters. The number of likely N-dealkylation sites (N-methyl/N-ethyl adjacent to an activating group) is 1. The Morgan fingerprint density at radius 2 is 1.79 bits per heavy atom. The van der Waals surface area contributed by atoms with E-state index in [9.17, 15) is 4.79 Å². The molecule has 1 N–H and O–H groups in total. The number of aromatic nitrogens is 1. The lowest BCUT2D eigenvalue weighted by atomic mass is 10.0. The first-order chi connectivity index (χ1) is 13.7. The molecular weight excluding hydrogens is 348 g/mol. The minimum Gasteiger partial charge on any atom is -0.354 e. The Bertz CT molecular complexity index is 941. The number of hydrogen-bond acceptors (Lipinski definition) is 4. The second kappa shape index (κ2) is 8.40. The molecule has 0 bridgehead atoms. The molecule has 1 saturated heterocycles. The topological polar surface area (TPSA) is 48.5 Å². The Morgan fingerprint density at radius 1 is 1.00 bits per heavy atom. The molecule has 28 heavy (non-hydrogen) atoms. The number of rotatable bonds is 5. The summed E-state index contributed by atoms with van der Waals surface area (Å²) in [5, 5.41) is 5.32. The van der Waals surface area contributed by atoms with Gasteiger partial charge in [-0.2, -0.15) is 0 Å². The second-order valence-corrected chi connectivity index (χ2v) is 7.41. The Kier molecular flexibility index (Phi) is 5.53. The van der Waals surface area contributed by atoms with E-state index in [1.165, 1.54) is 0 Å². The number of carbonyl (C=O) groups is 1. The highest BCUT2D eigenvalue weighted by molar-refractivity contribution is 5.90. The van der Waals surface area contributed by atoms with Crippen molar-refractivity contribution >= 4 is 22.5 Å². The van der Waals surface area contributed by atoms with Gasteiger partial charge in [0.2, 0.25) is 5.91 Å². The molecule has 1 amide bonds. The van der Waals surface area contributed by atoms with Crippen LogP contribution in [0.4, 0.5) is 5.82 Å². The van der Waals surface area contributed by atoms with Crippen molar-refractivity contribution in [3.05, 3.63) is 71.9 Å². The van der Waals surface area contributed by atoms with Gasteiger partial charge in [-0.3, -0.25) is 4.79 Å². The van der Waals surface area contributed by atoms with Crippen molar-refractivity contribution in [2.75, 3.05) is 38.1 Å². The third kappa shape index (κ3) is 4.31. The summed E-state index contributed by atoms with van der Waals surface area (Å²) in [7, 11) is 2.15. The smallest absolute Gasteiger partial charge is 0.224 e. The molecule has 0 aliphatic carbocycles. The van der Waals surface area contributed by atoms with Crippen molar-refractivity contribution in [3.8, 4) is 0 Å². The number of amides is 1. The van der Waals surface area contributed by atoms with E-state index < -0.39 is 0 Å². The van der Waals surface area contributed by atoms with Crippen LogP contribution in [-0.2, 0) is 17.8 Å². The van der Waals surface area contributed by atoms with Crippen molar-refractivity contribution in [2.24, 2.45) is 0 Å². The summed E-state index contributed by atoms with van der Waals surface area (Å²) in [5.74, 6) is 1.04. The fourth-order valence-electron chi connectivity index (χ4n) is 3.63.